The number of aromatic amines is 1. The lowest BCUT2D eigenvalue weighted by molar-refractivity contribution is -0.283. The average molecular weight is 361 g/mol. The molecule has 1 fully saturated rings. The van der Waals surface area contributed by atoms with E-state index < -0.39 is 42.2 Å². The highest BCUT2D eigenvalue weighted by Gasteiger charge is 2.44. The molecule has 0 unspecified atom stereocenters. The number of aromatic nitrogens is 2. The minimum atomic E-state index is -1.55. The minimum absolute atomic E-state index is 0.0990. The number of Topliss-reactive ketones (excluding diaryl/α,β-unsaturated/α-hetero) is 1. The molecule has 0 aliphatic carbocycles. The van der Waals surface area contributed by atoms with Crippen LogP contribution in [-0.2, 0) is 9.47 Å². The Balaban J connectivity index is 2.37. The third-order valence-corrected chi connectivity index (χ3v) is 4.10. The average Bonchev–Trinajstić information content (AvgIpc) is 2.54. The van der Waals surface area contributed by atoms with Gasteiger partial charge < -0.3 is 35.1 Å². The number of hydrogen-bond donors (Lipinski definition) is 5. The summed E-state index contributed by atoms with van der Waals surface area (Å²) in [5.41, 5.74) is -0.878. The number of methoxy groups -OCH3 is 1. The molecule has 2 rings (SSSR count). The van der Waals surface area contributed by atoms with Gasteiger partial charge in [0.25, 0.3) is 5.56 Å². The maximum absolute atomic E-state index is 12.0. The van der Waals surface area contributed by atoms with Gasteiger partial charge in [0.2, 0.25) is 0 Å². The minimum Gasteiger partial charge on any atom is -0.387 e. The van der Waals surface area contributed by atoms with Crippen molar-refractivity contribution in [2.45, 2.75) is 42.9 Å². The highest BCUT2D eigenvalue weighted by Crippen LogP contribution is 2.24. The van der Waals surface area contributed by atoms with Gasteiger partial charge in [-0.3, -0.25) is 9.59 Å². The summed E-state index contributed by atoms with van der Waals surface area (Å²) in [6.45, 7) is 1.20. The van der Waals surface area contributed by atoms with Crippen molar-refractivity contribution in [1.82, 2.24) is 9.97 Å². The predicted octanol–water partition coefficient (Wildman–Crippen LogP) is -1.48. The lowest BCUT2D eigenvalue weighted by Crippen LogP contribution is -2.60. The predicted molar refractivity (Wildman–Crippen MR) is 84.0 cm³/mol. The van der Waals surface area contributed by atoms with E-state index in [1.165, 1.54) is 14.0 Å². The fraction of sp³-hybridized carbons (Fsp3) is 0.615. The van der Waals surface area contributed by atoms with Crippen LogP contribution in [0.5, 0.6) is 0 Å². The number of H-pyrrole nitrogens is 1. The van der Waals surface area contributed by atoms with E-state index in [1.807, 2.05) is 0 Å². The van der Waals surface area contributed by atoms with E-state index in [0.717, 1.165) is 11.8 Å². The maximum atomic E-state index is 12.0. The SMILES string of the molecule is CO[C@@H]1O[C@@H](Nc2nc(SC)[nH]c(=O)c2C(C)=O)[C@@H](O)[C@H](O)[C@@H]1O. The number of carbonyl (C=O) groups excluding carboxylic acids is 1. The largest absolute Gasteiger partial charge is 0.387 e. The fourth-order valence-electron chi connectivity index (χ4n) is 2.28. The summed E-state index contributed by atoms with van der Waals surface area (Å²) in [4.78, 5) is 30.3. The molecule has 24 heavy (non-hydrogen) atoms. The maximum Gasteiger partial charge on any atom is 0.264 e. The smallest absolute Gasteiger partial charge is 0.264 e. The van der Waals surface area contributed by atoms with E-state index in [1.54, 1.807) is 6.26 Å². The Morgan fingerprint density at radius 1 is 1.33 bits per heavy atom. The van der Waals surface area contributed by atoms with Gasteiger partial charge in [-0.2, -0.15) is 0 Å². The van der Waals surface area contributed by atoms with Gasteiger partial charge in [-0.15, -0.1) is 0 Å². The number of thioether (sulfide) groups is 1. The van der Waals surface area contributed by atoms with E-state index in [-0.39, 0.29) is 16.5 Å². The molecule has 1 aromatic heterocycles. The fourth-order valence-corrected chi connectivity index (χ4v) is 2.65. The highest BCUT2D eigenvalue weighted by atomic mass is 32.2. The quantitative estimate of drug-likeness (QED) is 0.238. The molecular weight excluding hydrogens is 342 g/mol. The van der Waals surface area contributed by atoms with Crippen molar-refractivity contribution in [2.75, 3.05) is 18.7 Å². The molecule has 134 valence electrons. The molecule has 0 bridgehead atoms. The molecule has 0 spiro atoms. The molecule has 1 aromatic rings. The molecule has 0 amide bonds. The Kier molecular flexibility index (Phi) is 5.96. The second-order valence-electron chi connectivity index (χ2n) is 5.13. The van der Waals surface area contributed by atoms with Crippen LogP contribution in [-0.4, -0.2) is 75.3 Å². The van der Waals surface area contributed by atoms with Crippen LogP contribution in [0.25, 0.3) is 0 Å². The number of ether oxygens (including phenoxy) is 2. The summed E-state index contributed by atoms with van der Waals surface area (Å²) in [6.07, 6.45) is -5.32. The molecule has 2 heterocycles. The lowest BCUT2D eigenvalue weighted by Gasteiger charge is -2.40. The second kappa shape index (κ2) is 7.59. The molecule has 10 nitrogen and oxygen atoms in total. The molecule has 11 heteroatoms. The number of rotatable bonds is 5. The van der Waals surface area contributed by atoms with E-state index in [4.69, 9.17) is 9.47 Å². The standard InChI is InChI=1S/C13H19N3O7S/c1-4(17)5-9(15-13(24-3)16-10(5)21)14-11-7(19)6(18)8(20)12(22-2)23-11/h6-8,11-12,18-20H,1-3H3,(H2,14,15,16,21)/t6-,7-,8-,11+,12+/m0/s1. The van der Waals surface area contributed by atoms with Crippen LogP contribution in [0.3, 0.4) is 0 Å². The van der Waals surface area contributed by atoms with Crippen molar-refractivity contribution in [2.24, 2.45) is 0 Å². The second-order valence-corrected chi connectivity index (χ2v) is 5.93. The van der Waals surface area contributed by atoms with Crippen molar-refractivity contribution in [3.63, 3.8) is 0 Å². The first kappa shape index (κ1) is 18.8. The Bertz CT molecular complexity index is 665. The van der Waals surface area contributed by atoms with Gasteiger partial charge in [0, 0.05) is 7.11 Å². The van der Waals surface area contributed by atoms with Gasteiger partial charge in [0.15, 0.2) is 23.5 Å². The van der Waals surface area contributed by atoms with Crippen molar-refractivity contribution in [1.29, 1.82) is 0 Å². The zero-order chi connectivity index (χ0) is 18.0. The van der Waals surface area contributed by atoms with Gasteiger partial charge in [-0.25, -0.2) is 4.98 Å². The highest BCUT2D eigenvalue weighted by molar-refractivity contribution is 7.98. The third kappa shape index (κ3) is 3.61. The number of hydrogen-bond acceptors (Lipinski definition) is 10. The number of nitrogens with one attached hydrogen (secondary N) is 2. The number of aliphatic hydroxyl groups excluding tert-OH is 3. The number of carbonyl (C=O) groups is 1. The van der Waals surface area contributed by atoms with Crippen LogP contribution >= 0.6 is 11.8 Å². The number of aliphatic hydroxyl groups is 3. The van der Waals surface area contributed by atoms with Crippen molar-refractivity contribution < 1.29 is 29.6 Å². The Morgan fingerprint density at radius 3 is 2.54 bits per heavy atom. The van der Waals surface area contributed by atoms with Crippen LogP contribution in [0.2, 0.25) is 0 Å². The van der Waals surface area contributed by atoms with Crippen LogP contribution in [0.15, 0.2) is 9.95 Å². The third-order valence-electron chi connectivity index (χ3n) is 3.52. The summed E-state index contributed by atoms with van der Waals surface area (Å²) in [7, 11) is 1.26. The molecule has 1 saturated heterocycles. The van der Waals surface area contributed by atoms with Crippen LogP contribution in [0.4, 0.5) is 5.82 Å². The molecule has 0 saturated carbocycles. The molecule has 1 aliphatic heterocycles. The van der Waals surface area contributed by atoms with Crippen LogP contribution < -0.4 is 10.9 Å². The first-order chi connectivity index (χ1) is 11.3. The van der Waals surface area contributed by atoms with E-state index in [0.29, 0.717) is 0 Å². The molecule has 1 aliphatic rings. The summed E-state index contributed by atoms with van der Waals surface area (Å²) in [5, 5.41) is 32.5. The first-order valence-electron chi connectivity index (χ1n) is 6.98. The van der Waals surface area contributed by atoms with E-state index in [9.17, 15) is 24.9 Å². The zero-order valence-corrected chi connectivity index (χ0v) is 14.0. The van der Waals surface area contributed by atoms with Crippen LogP contribution in [0.1, 0.15) is 17.3 Å². The van der Waals surface area contributed by atoms with Crippen molar-refractivity contribution in [3.8, 4) is 0 Å². The Morgan fingerprint density at radius 2 is 2.00 bits per heavy atom. The van der Waals surface area contributed by atoms with E-state index >= 15 is 0 Å². The monoisotopic (exact) mass is 361 g/mol. The van der Waals surface area contributed by atoms with Gasteiger partial charge in [0.1, 0.15) is 29.7 Å². The van der Waals surface area contributed by atoms with Gasteiger partial charge in [0.05, 0.1) is 0 Å². The first-order valence-corrected chi connectivity index (χ1v) is 8.20. The summed E-state index contributed by atoms with van der Waals surface area (Å²) in [6, 6.07) is 0. The van der Waals surface area contributed by atoms with Crippen molar-refractivity contribution >= 4 is 23.4 Å². The van der Waals surface area contributed by atoms with Crippen molar-refractivity contribution in [3.05, 3.63) is 15.9 Å². The van der Waals surface area contributed by atoms with E-state index in [2.05, 4.69) is 15.3 Å². The number of nitrogens with zero attached hydrogens (tertiary/aromatic N) is 1. The topological polar surface area (TPSA) is 154 Å². The van der Waals surface area contributed by atoms with Gasteiger partial charge >= 0.3 is 0 Å². The normalized spacial score (nSPS) is 30.2. The molecule has 5 atom stereocenters. The molecule has 0 aromatic carbocycles. The molecular formula is C13H19N3O7S. The number of ketones is 1. The lowest BCUT2D eigenvalue weighted by atomic mass is 10.0. The van der Waals surface area contributed by atoms with Crippen LogP contribution in [0, 0.1) is 0 Å². The van der Waals surface area contributed by atoms with Gasteiger partial charge in [-0.1, -0.05) is 11.8 Å². The Hall–Kier alpha value is -1.50. The summed E-state index contributed by atoms with van der Waals surface area (Å²) >= 11 is 1.15. The number of anilines is 1. The molecule has 0 radical (unpaired) electrons. The summed E-state index contributed by atoms with van der Waals surface area (Å²) in [5.74, 6) is -0.633. The van der Waals surface area contributed by atoms with Gasteiger partial charge in [-0.05, 0) is 13.2 Å². The zero-order valence-electron chi connectivity index (χ0n) is 13.2. The Labute approximate surface area is 141 Å². The summed E-state index contributed by atoms with van der Waals surface area (Å²) < 4.78 is 10.2. The molecule has 5 N–H and O–H groups in total.